The molecule has 1 fully saturated rings. The average Bonchev–Trinajstić information content (AvgIpc) is 2.68. The summed E-state index contributed by atoms with van der Waals surface area (Å²) in [4.78, 5) is 0. The summed E-state index contributed by atoms with van der Waals surface area (Å²) in [5.74, 6) is 0. The lowest BCUT2D eigenvalue weighted by molar-refractivity contribution is 0.0950. The Labute approximate surface area is 62.5 Å². The minimum absolute atomic E-state index is 0.122. The maximum atomic E-state index is 5.19. The highest BCUT2D eigenvalue weighted by Gasteiger charge is 2.37. The van der Waals surface area contributed by atoms with Crippen molar-refractivity contribution in [1.29, 1.82) is 0 Å². The molecule has 1 saturated heterocycles. The largest absolute Gasteiger partial charge is 0.353 e. The first kappa shape index (κ1) is 8.02. The van der Waals surface area contributed by atoms with Gasteiger partial charge >= 0.3 is 0 Å². The molecular weight excluding hydrogens is 128 g/mol. The van der Waals surface area contributed by atoms with Crippen LogP contribution in [0.15, 0.2) is 0 Å². The third-order valence-corrected chi connectivity index (χ3v) is 1.86. The molecule has 0 aliphatic carbocycles. The predicted molar refractivity (Wildman–Crippen MR) is 39.8 cm³/mol. The molecule has 10 heavy (non-hydrogen) atoms. The zero-order chi connectivity index (χ0) is 7.40. The lowest BCUT2D eigenvalue weighted by Gasteiger charge is -1.92. The van der Waals surface area contributed by atoms with Crippen molar-refractivity contribution in [3.63, 3.8) is 0 Å². The van der Waals surface area contributed by atoms with Crippen LogP contribution in [-0.4, -0.2) is 19.5 Å². The van der Waals surface area contributed by atoms with Crippen LogP contribution in [0.25, 0.3) is 0 Å². The molecule has 0 spiro atoms. The molecule has 1 aliphatic rings. The van der Waals surface area contributed by atoms with Crippen molar-refractivity contribution < 1.29 is 9.47 Å². The van der Waals surface area contributed by atoms with E-state index in [0.29, 0.717) is 6.10 Å². The van der Waals surface area contributed by atoms with Crippen molar-refractivity contribution in [2.24, 2.45) is 0 Å². The van der Waals surface area contributed by atoms with Gasteiger partial charge in [0.05, 0.1) is 0 Å². The van der Waals surface area contributed by atoms with Gasteiger partial charge in [0.1, 0.15) is 6.10 Å². The smallest absolute Gasteiger partial charge is 0.184 e. The standard InChI is InChI=1S/C8H16O2/c1-3-4-5-6-7-8(9-2)10-7/h7-8H,3-6H2,1-2H3/t7-,8-/m0/s1. The fourth-order valence-corrected chi connectivity index (χ4v) is 1.13. The van der Waals surface area contributed by atoms with E-state index in [2.05, 4.69) is 6.92 Å². The van der Waals surface area contributed by atoms with E-state index in [1.54, 1.807) is 7.11 Å². The molecule has 0 aromatic rings. The zero-order valence-corrected chi connectivity index (χ0v) is 6.80. The highest BCUT2D eigenvalue weighted by Crippen LogP contribution is 2.27. The number of ether oxygens (including phenoxy) is 2. The number of rotatable bonds is 5. The minimum Gasteiger partial charge on any atom is -0.353 e. The SMILES string of the molecule is CCCCC[C@@H]1O[C@@H]1OC. The Balaban J connectivity index is 1.87. The van der Waals surface area contributed by atoms with Gasteiger partial charge in [0, 0.05) is 7.11 Å². The van der Waals surface area contributed by atoms with Crippen molar-refractivity contribution in [2.75, 3.05) is 7.11 Å². The highest BCUT2D eigenvalue weighted by molar-refractivity contribution is 4.75. The third-order valence-electron chi connectivity index (χ3n) is 1.86. The zero-order valence-electron chi connectivity index (χ0n) is 6.80. The molecule has 1 rings (SSSR count). The average molecular weight is 144 g/mol. The van der Waals surface area contributed by atoms with Crippen LogP contribution in [0.5, 0.6) is 0 Å². The first-order valence-corrected chi connectivity index (χ1v) is 4.06. The molecule has 0 bridgehead atoms. The maximum Gasteiger partial charge on any atom is 0.184 e. The second kappa shape index (κ2) is 3.94. The van der Waals surface area contributed by atoms with Crippen LogP contribution in [0.1, 0.15) is 32.6 Å². The van der Waals surface area contributed by atoms with Gasteiger partial charge in [-0.3, -0.25) is 0 Å². The summed E-state index contributed by atoms with van der Waals surface area (Å²) >= 11 is 0. The molecule has 2 atom stereocenters. The minimum atomic E-state index is 0.122. The molecule has 2 heteroatoms. The molecular formula is C8H16O2. The monoisotopic (exact) mass is 144 g/mol. The summed E-state index contributed by atoms with van der Waals surface area (Å²) in [5, 5.41) is 0. The lowest BCUT2D eigenvalue weighted by Crippen LogP contribution is -1.95. The molecule has 60 valence electrons. The predicted octanol–water partition coefficient (Wildman–Crippen LogP) is 1.94. The van der Waals surface area contributed by atoms with Crippen LogP contribution < -0.4 is 0 Å². The van der Waals surface area contributed by atoms with E-state index in [1.807, 2.05) is 0 Å². The Hall–Kier alpha value is -0.0800. The van der Waals surface area contributed by atoms with E-state index in [4.69, 9.17) is 9.47 Å². The molecule has 0 N–H and O–H groups in total. The second-order valence-corrected chi connectivity index (χ2v) is 2.77. The van der Waals surface area contributed by atoms with Crippen LogP contribution >= 0.6 is 0 Å². The van der Waals surface area contributed by atoms with Gasteiger partial charge in [-0.2, -0.15) is 0 Å². The van der Waals surface area contributed by atoms with Gasteiger partial charge in [0.15, 0.2) is 6.29 Å². The van der Waals surface area contributed by atoms with E-state index in [9.17, 15) is 0 Å². The van der Waals surface area contributed by atoms with E-state index < -0.39 is 0 Å². The summed E-state index contributed by atoms with van der Waals surface area (Å²) < 4.78 is 10.2. The summed E-state index contributed by atoms with van der Waals surface area (Å²) in [7, 11) is 1.70. The molecule has 1 heterocycles. The topological polar surface area (TPSA) is 21.8 Å². The van der Waals surface area contributed by atoms with Gasteiger partial charge < -0.3 is 9.47 Å². The first-order valence-electron chi connectivity index (χ1n) is 4.06. The van der Waals surface area contributed by atoms with Crippen LogP contribution in [0.4, 0.5) is 0 Å². The van der Waals surface area contributed by atoms with Crippen LogP contribution in [0.3, 0.4) is 0 Å². The van der Waals surface area contributed by atoms with Gasteiger partial charge in [0.2, 0.25) is 0 Å². The number of hydrogen-bond acceptors (Lipinski definition) is 2. The van der Waals surface area contributed by atoms with Gasteiger partial charge in [0.25, 0.3) is 0 Å². The third kappa shape index (κ3) is 2.27. The first-order chi connectivity index (χ1) is 4.88. The van der Waals surface area contributed by atoms with Crippen molar-refractivity contribution in [2.45, 2.75) is 45.0 Å². The molecule has 2 nitrogen and oxygen atoms in total. The molecule has 0 amide bonds. The van der Waals surface area contributed by atoms with E-state index >= 15 is 0 Å². The van der Waals surface area contributed by atoms with Crippen molar-refractivity contribution in [3.05, 3.63) is 0 Å². The van der Waals surface area contributed by atoms with Crippen molar-refractivity contribution in [3.8, 4) is 0 Å². The Morgan fingerprint density at radius 1 is 1.40 bits per heavy atom. The lowest BCUT2D eigenvalue weighted by atomic mass is 10.2. The fourth-order valence-electron chi connectivity index (χ4n) is 1.13. The van der Waals surface area contributed by atoms with Gasteiger partial charge in [-0.15, -0.1) is 0 Å². The summed E-state index contributed by atoms with van der Waals surface area (Å²) in [6.45, 7) is 2.21. The van der Waals surface area contributed by atoms with Crippen molar-refractivity contribution in [1.82, 2.24) is 0 Å². The maximum absolute atomic E-state index is 5.19. The molecule has 1 aliphatic heterocycles. The molecule has 0 aromatic carbocycles. The fraction of sp³-hybridized carbons (Fsp3) is 1.00. The van der Waals surface area contributed by atoms with E-state index in [1.165, 1.54) is 25.7 Å². The van der Waals surface area contributed by atoms with Crippen LogP contribution in [0.2, 0.25) is 0 Å². The number of methoxy groups -OCH3 is 1. The molecule has 0 unspecified atom stereocenters. The summed E-state index contributed by atoms with van der Waals surface area (Å²) in [6, 6.07) is 0. The molecule has 0 aromatic heterocycles. The van der Waals surface area contributed by atoms with Crippen LogP contribution in [-0.2, 0) is 9.47 Å². The second-order valence-electron chi connectivity index (χ2n) is 2.77. The highest BCUT2D eigenvalue weighted by atomic mass is 16.8. The Morgan fingerprint density at radius 3 is 2.70 bits per heavy atom. The summed E-state index contributed by atoms with van der Waals surface area (Å²) in [5.41, 5.74) is 0. The van der Waals surface area contributed by atoms with Crippen LogP contribution in [0, 0.1) is 0 Å². The quantitative estimate of drug-likeness (QED) is 0.434. The Bertz CT molecular complexity index is 93.3. The number of hydrogen-bond donors (Lipinski definition) is 0. The van der Waals surface area contributed by atoms with Gasteiger partial charge in [-0.25, -0.2) is 0 Å². The number of epoxide rings is 1. The molecule has 0 radical (unpaired) electrons. The van der Waals surface area contributed by atoms with E-state index in [0.717, 1.165) is 0 Å². The number of unbranched alkanes of at least 4 members (excludes halogenated alkanes) is 2. The van der Waals surface area contributed by atoms with Gasteiger partial charge in [-0.1, -0.05) is 26.2 Å². The Morgan fingerprint density at radius 2 is 2.20 bits per heavy atom. The van der Waals surface area contributed by atoms with E-state index in [-0.39, 0.29) is 6.29 Å². The van der Waals surface area contributed by atoms with Gasteiger partial charge in [-0.05, 0) is 6.42 Å². The normalized spacial score (nSPS) is 30.6. The Kier molecular flexibility index (Phi) is 3.16. The molecule has 0 saturated carbocycles. The van der Waals surface area contributed by atoms with Crippen molar-refractivity contribution >= 4 is 0 Å². The summed E-state index contributed by atoms with van der Waals surface area (Å²) in [6.07, 6.45) is 5.59.